The minimum atomic E-state index is -2.32. The largest absolute Gasteiger partial charge is 0.310 e. The molecule has 0 spiro atoms. The van der Waals surface area contributed by atoms with Crippen LogP contribution in [-0.2, 0) is 0 Å². The van der Waals surface area contributed by atoms with E-state index in [0.717, 1.165) is 45.5 Å². The van der Waals surface area contributed by atoms with E-state index < -0.39 is 8.07 Å². The molecule has 0 bridgehead atoms. The SMILES string of the molecule is Cc1cc(N(c2cccc(-c3ccccc3)c2)c2ccc3c(c2)c2ccccc2n3-c2ccccc2)ccc1[Si](C)(C)c1ccc(N(c2cccc(-c3ccccc3)c2)c2ccc3c(c2)c2ccccc2n3-c2ccccc2)cc1C. The van der Waals surface area contributed by atoms with Crippen LogP contribution in [0.4, 0.5) is 34.1 Å². The lowest BCUT2D eigenvalue weighted by atomic mass is 10.0. The first-order chi connectivity index (χ1) is 39.8. The van der Waals surface area contributed by atoms with E-state index in [1.807, 2.05) is 0 Å². The zero-order valence-corrected chi connectivity index (χ0v) is 47.0. The van der Waals surface area contributed by atoms with Crippen molar-refractivity contribution < 1.29 is 0 Å². The topological polar surface area (TPSA) is 16.3 Å². The number of hydrogen-bond donors (Lipinski definition) is 0. The van der Waals surface area contributed by atoms with Crippen molar-refractivity contribution in [3.63, 3.8) is 0 Å². The number of aromatic nitrogens is 2. The van der Waals surface area contributed by atoms with E-state index in [0.29, 0.717) is 0 Å². The van der Waals surface area contributed by atoms with Crippen LogP contribution in [0.3, 0.4) is 0 Å². The summed E-state index contributed by atoms with van der Waals surface area (Å²) in [4.78, 5) is 4.90. The number of para-hydroxylation sites is 4. The molecule has 0 atom stereocenters. The Balaban J connectivity index is 0.868. The van der Waals surface area contributed by atoms with Gasteiger partial charge in [-0.25, -0.2) is 0 Å². The molecule has 0 amide bonds. The van der Waals surface area contributed by atoms with Crippen molar-refractivity contribution in [2.24, 2.45) is 0 Å². The molecule has 0 aliphatic rings. The first-order valence-electron chi connectivity index (χ1n) is 28.1. The number of aryl methyl sites for hydroxylation is 2. The number of nitrogens with zero attached hydrogens (tertiary/aromatic N) is 4. The summed E-state index contributed by atoms with van der Waals surface area (Å²) in [5, 5.41) is 7.75. The summed E-state index contributed by atoms with van der Waals surface area (Å²) in [6.07, 6.45) is 0. The van der Waals surface area contributed by atoms with E-state index in [1.165, 1.54) is 87.4 Å². The Hall–Kier alpha value is -9.94. The maximum atomic E-state index is 2.52. The molecule has 2 aromatic heterocycles. The fourth-order valence-electron chi connectivity index (χ4n) is 12.8. The van der Waals surface area contributed by atoms with Crippen LogP contribution < -0.4 is 20.2 Å². The molecular weight excluding hydrogens is 997 g/mol. The molecule has 81 heavy (non-hydrogen) atoms. The fourth-order valence-corrected chi connectivity index (χ4v) is 16.2. The lowest BCUT2D eigenvalue weighted by Crippen LogP contribution is -2.54. The summed E-state index contributed by atoms with van der Waals surface area (Å²) in [7, 11) is -2.32. The monoisotopic (exact) mass is 1060 g/mol. The zero-order valence-electron chi connectivity index (χ0n) is 46.0. The smallest absolute Gasteiger partial charge is 0.112 e. The van der Waals surface area contributed by atoms with E-state index >= 15 is 0 Å². The molecule has 0 radical (unpaired) electrons. The Labute approximate surface area is 475 Å². The van der Waals surface area contributed by atoms with Gasteiger partial charge < -0.3 is 18.9 Å². The first kappa shape index (κ1) is 49.4. The highest BCUT2D eigenvalue weighted by molar-refractivity contribution is 7.01. The highest BCUT2D eigenvalue weighted by atomic mass is 28.3. The molecule has 0 aliphatic carbocycles. The van der Waals surface area contributed by atoms with Crippen LogP contribution in [0.5, 0.6) is 0 Å². The lowest BCUT2D eigenvalue weighted by Gasteiger charge is -2.32. The number of rotatable bonds is 12. The molecular formula is C76H60N4Si. The average Bonchev–Trinajstić information content (AvgIpc) is 4.20. The second-order valence-electron chi connectivity index (χ2n) is 21.9. The highest BCUT2D eigenvalue weighted by Gasteiger charge is 2.31. The van der Waals surface area contributed by atoms with E-state index in [-0.39, 0.29) is 0 Å². The summed E-state index contributed by atoms with van der Waals surface area (Å²) in [6, 6.07) is 107. The van der Waals surface area contributed by atoms with Gasteiger partial charge in [0.15, 0.2) is 0 Å². The van der Waals surface area contributed by atoms with Gasteiger partial charge in [0.1, 0.15) is 8.07 Å². The van der Waals surface area contributed by atoms with Gasteiger partial charge in [0, 0.05) is 67.0 Å². The molecule has 0 aliphatic heterocycles. The van der Waals surface area contributed by atoms with Gasteiger partial charge in [-0.15, -0.1) is 0 Å². The summed E-state index contributed by atoms with van der Waals surface area (Å²) in [5.41, 5.74) is 21.1. The number of anilines is 6. The number of benzene rings is 12. The lowest BCUT2D eigenvalue weighted by molar-refractivity contribution is 1.18. The minimum Gasteiger partial charge on any atom is -0.310 e. The van der Waals surface area contributed by atoms with Crippen LogP contribution in [0.15, 0.2) is 291 Å². The Morgan fingerprint density at radius 3 is 0.988 bits per heavy atom. The van der Waals surface area contributed by atoms with Crippen molar-refractivity contribution in [2.75, 3.05) is 9.80 Å². The van der Waals surface area contributed by atoms with Crippen LogP contribution in [0.1, 0.15) is 11.1 Å². The van der Waals surface area contributed by atoms with Gasteiger partial charge in [0.2, 0.25) is 0 Å². The van der Waals surface area contributed by atoms with Crippen LogP contribution >= 0.6 is 0 Å². The first-order valence-corrected chi connectivity index (χ1v) is 31.1. The van der Waals surface area contributed by atoms with Crippen molar-refractivity contribution >= 4 is 96.2 Å². The van der Waals surface area contributed by atoms with E-state index in [4.69, 9.17) is 0 Å². The number of fused-ring (bicyclic) bond motifs is 6. The molecule has 14 rings (SSSR count). The quantitative estimate of drug-likeness (QED) is 0.113. The van der Waals surface area contributed by atoms with Gasteiger partial charge in [-0.2, -0.15) is 0 Å². The van der Waals surface area contributed by atoms with Gasteiger partial charge in [0.25, 0.3) is 0 Å². The Kier molecular flexibility index (Phi) is 12.4. The molecule has 388 valence electrons. The van der Waals surface area contributed by atoms with E-state index in [9.17, 15) is 0 Å². The van der Waals surface area contributed by atoms with Crippen LogP contribution in [0, 0.1) is 13.8 Å². The summed E-state index contributed by atoms with van der Waals surface area (Å²) < 4.78 is 4.78. The van der Waals surface area contributed by atoms with Crippen molar-refractivity contribution in [3.05, 3.63) is 302 Å². The molecule has 5 heteroatoms. The van der Waals surface area contributed by atoms with Gasteiger partial charge in [0.05, 0.1) is 22.1 Å². The Bertz CT molecular complexity index is 4340. The van der Waals surface area contributed by atoms with Crippen LogP contribution in [0.25, 0.3) is 77.2 Å². The number of hydrogen-bond acceptors (Lipinski definition) is 2. The van der Waals surface area contributed by atoms with E-state index in [2.05, 4.69) is 337 Å². The van der Waals surface area contributed by atoms with Crippen molar-refractivity contribution in [2.45, 2.75) is 26.9 Å². The predicted molar refractivity (Wildman–Crippen MR) is 348 cm³/mol. The second-order valence-corrected chi connectivity index (χ2v) is 26.2. The highest BCUT2D eigenvalue weighted by Crippen LogP contribution is 2.43. The third kappa shape index (κ3) is 8.80. The molecule has 14 aromatic rings. The third-order valence-electron chi connectivity index (χ3n) is 16.6. The predicted octanol–water partition coefficient (Wildman–Crippen LogP) is 19.6. The summed E-state index contributed by atoms with van der Waals surface area (Å²) in [5.74, 6) is 0. The van der Waals surface area contributed by atoms with Crippen molar-refractivity contribution in [1.82, 2.24) is 9.13 Å². The Morgan fingerprint density at radius 1 is 0.259 bits per heavy atom. The maximum absolute atomic E-state index is 2.52. The summed E-state index contributed by atoms with van der Waals surface area (Å²) >= 11 is 0. The van der Waals surface area contributed by atoms with Crippen LogP contribution in [-0.4, -0.2) is 17.2 Å². The molecule has 2 heterocycles. The zero-order chi connectivity index (χ0) is 54.6. The molecule has 4 nitrogen and oxygen atoms in total. The Morgan fingerprint density at radius 2 is 0.580 bits per heavy atom. The molecule has 12 aromatic carbocycles. The molecule has 0 saturated carbocycles. The van der Waals surface area contributed by atoms with Crippen molar-refractivity contribution in [1.29, 1.82) is 0 Å². The van der Waals surface area contributed by atoms with Crippen LogP contribution in [0.2, 0.25) is 13.1 Å². The van der Waals surface area contributed by atoms with Crippen molar-refractivity contribution in [3.8, 4) is 33.6 Å². The van der Waals surface area contributed by atoms with Gasteiger partial charge in [-0.05, 0) is 169 Å². The molecule has 0 saturated heterocycles. The van der Waals surface area contributed by atoms with Gasteiger partial charge in [-0.1, -0.05) is 193 Å². The fraction of sp³-hybridized carbons (Fsp3) is 0.0526. The van der Waals surface area contributed by atoms with E-state index in [1.54, 1.807) is 0 Å². The second kappa shape index (κ2) is 20.4. The standard InChI is InChI=1S/C76H60N4Si/c1-53-47-63(77(61-33-21-27-57(49-61)55-23-9-5-10-24-55)65-39-43-73-69(51-65)67-35-17-19-37-71(67)79(73)59-29-13-7-14-30-59)41-45-75(53)81(3,4)76-46-42-64(48-54(76)2)78(62-34-22-28-58(50-62)56-25-11-6-12-26-56)66-40-44-74-70(52-66)68-36-18-20-38-72(68)80(74)60-31-15-8-16-32-60/h5-52H,1-4H3. The maximum Gasteiger partial charge on any atom is 0.112 e. The molecule has 0 N–H and O–H groups in total. The molecule has 0 fully saturated rings. The normalized spacial score (nSPS) is 11.7. The van der Waals surface area contributed by atoms with Gasteiger partial charge in [-0.3, -0.25) is 0 Å². The molecule has 0 unspecified atom stereocenters. The average molecular weight is 1060 g/mol. The third-order valence-corrected chi connectivity index (χ3v) is 20.4. The minimum absolute atomic E-state index is 1.11. The van der Waals surface area contributed by atoms with Gasteiger partial charge >= 0.3 is 0 Å². The summed E-state index contributed by atoms with van der Waals surface area (Å²) in [6.45, 7) is 9.68.